The summed E-state index contributed by atoms with van der Waals surface area (Å²) in [4.78, 5) is 25.5. The van der Waals surface area contributed by atoms with Crippen LogP contribution in [-0.4, -0.2) is 62.5 Å². The van der Waals surface area contributed by atoms with E-state index in [1.54, 1.807) is 24.3 Å². The normalized spacial score (nSPS) is 21.9. The molecular weight excluding hydrogens is 476 g/mol. The number of thiophene rings is 1. The molecule has 0 radical (unpaired) electrons. The van der Waals surface area contributed by atoms with Gasteiger partial charge < -0.3 is 20.5 Å². The number of hydrogen-bond acceptors (Lipinski definition) is 8. The lowest BCUT2D eigenvalue weighted by Gasteiger charge is -2.19. The Morgan fingerprint density at radius 1 is 1.32 bits per heavy atom. The van der Waals surface area contributed by atoms with Crippen molar-refractivity contribution in [3.8, 4) is 5.75 Å². The summed E-state index contributed by atoms with van der Waals surface area (Å²) in [6.45, 7) is 2.34. The van der Waals surface area contributed by atoms with Crippen molar-refractivity contribution in [1.82, 2.24) is 5.32 Å². The van der Waals surface area contributed by atoms with Gasteiger partial charge in [0.25, 0.3) is 5.91 Å². The molecule has 3 atom stereocenters. The molecule has 3 unspecified atom stereocenters. The molecule has 2 aliphatic rings. The summed E-state index contributed by atoms with van der Waals surface area (Å²) in [5, 5.41) is 17.3. The van der Waals surface area contributed by atoms with Crippen LogP contribution in [0.15, 0.2) is 24.3 Å². The quantitative estimate of drug-likeness (QED) is 0.447. The van der Waals surface area contributed by atoms with E-state index in [-0.39, 0.29) is 36.6 Å². The average molecular weight is 507 g/mol. The van der Waals surface area contributed by atoms with Crippen LogP contribution >= 0.6 is 11.3 Å². The smallest absolute Gasteiger partial charge is 0.254 e. The van der Waals surface area contributed by atoms with Crippen LogP contribution in [0.25, 0.3) is 0 Å². The summed E-state index contributed by atoms with van der Waals surface area (Å²) in [7, 11) is -3.10. The highest BCUT2D eigenvalue weighted by molar-refractivity contribution is 7.91. The van der Waals surface area contributed by atoms with Gasteiger partial charge in [0.15, 0.2) is 16.1 Å². The van der Waals surface area contributed by atoms with Crippen molar-refractivity contribution in [3.63, 3.8) is 0 Å². The number of fused-ring (bicyclic) bond motifs is 1. The summed E-state index contributed by atoms with van der Waals surface area (Å²) in [6.07, 6.45) is 2.96. The van der Waals surface area contributed by atoms with Gasteiger partial charge in [-0.05, 0) is 49.3 Å². The van der Waals surface area contributed by atoms with E-state index >= 15 is 0 Å². The van der Waals surface area contributed by atoms with E-state index in [1.807, 2.05) is 0 Å². The van der Waals surface area contributed by atoms with Crippen molar-refractivity contribution >= 4 is 38.4 Å². The molecule has 0 spiro atoms. The first-order valence-electron chi connectivity index (χ1n) is 11.5. The molecule has 2 heterocycles. The molecule has 1 aliphatic heterocycles. The highest BCUT2D eigenvalue weighted by Gasteiger charge is 2.32. The van der Waals surface area contributed by atoms with E-state index in [0.29, 0.717) is 40.5 Å². The fraction of sp³-hybridized carbons (Fsp3) is 0.500. The Morgan fingerprint density at radius 2 is 2.12 bits per heavy atom. The Balaban J connectivity index is 1.44. The van der Waals surface area contributed by atoms with Crippen LogP contribution in [0.4, 0.5) is 5.00 Å². The van der Waals surface area contributed by atoms with Crippen molar-refractivity contribution in [2.75, 3.05) is 30.0 Å². The summed E-state index contributed by atoms with van der Waals surface area (Å²) in [5.74, 6) is 0.753. The molecule has 1 fully saturated rings. The molecule has 34 heavy (non-hydrogen) atoms. The van der Waals surface area contributed by atoms with E-state index < -0.39 is 15.9 Å². The predicted octanol–water partition coefficient (Wildman–Crippen LogP) is 2.45. The Morgan fingerprint density at radius 3 is 2.85 bits per heavy atom. The number of aldehydes is 1. The van der Waals surface area contributed by atoms with Crippen molar-refractivity contribution < 1.29 is 27.9 Å². The largest absolute Gasteiger partial charge is 0.490 e. The van der Waals surface area contributed by atoms with E-state index in [0.717, 1.165) is 29.7 Å². The number of para-hydroxylation sites is 1. The van der Waals surface area contributed by atoms with Gasteiger partial charge in [-0.25, -0.2) is 8.42 Å². The van der Waals surface area contributed by atoms with Crippen LogP contribution in [0.3, 0.4) is 0 Å². The molecule has 10 heteroatoms. The van der Waals surface area contributed by atoms with E-state index in [2.05, 4.69) is 17.6 Å². The number of rotatable bonds is 9. The van der Waals surface area contributed by atoms with Crippen LogP contribution in [0.1, 0.15) is 50.9 Å². The first-order chi connectivity index (χ1) is 16.3. The van der Waals surface area contributed by atoms with Crippen molar-refractivity contribution in [3.05, 3.63) is 45.8 Å². The van der Waals surface area contributed by atoms with Crippen LogP contribution in [0.2, 0.25) is 0 Å². The lowest BCUT2D eigenvalue weighted by atomic mass is 9.88. The summed E-state index contributed by atoms with van der Waals surface area (Å²) in [6, 6.07) is 6.43. The van der Waals surface area contributed by atoms with Gasteiger partial charge in [0.05, 0.1) is 22.6 Å². The summed E-state index contributed by atoms with van der Waals surface area (Å²) < 4.78 is 29.2. The molecule has 1 saturated heterocycles. The first-order valence-corrected chi connectivity index (χ1v) is 14.1. The predicted molar refractivity (Wildman–Crippen MR) is 132 cm³/mol. The average Bonchev–Trinajstić information content (AvgIpc) is 3.34. The van der Waals surface area contributed by atoms with Crippen LogP contribution in [0, 0.1) is 5.92 Å². The second kappa shape index (κ2) is 10.5. The second-order valence-electron chi connectivity index (χ2n) is 9.13. The van der Waals surface area contributed by atoms with Gasteiger partial charge in [0.2, 0.25) is 0 Å². The molecule has 0 saturated carbocycles. The minimum Gasteiger partial charge on any atom is -0.490 e. The molecule has 1 aromatic heterocycles. The first kappa shape index (κ1) is 24.7. The van der Waals surface area contributed by atoms with Gasteiger partial charge in [-0.3, -0.25) is 9.59 Å². The van der Waals surface area contributed by atoms with Crippen molar-refractivity contribution in [2.45, 2.75) is 44.8 Å². The lowest BCUT2D eigenvalue weighted by Crippen LogP contribution is -2.36. The number of amides is 1. The summed E-state index contributed by atoms with van der Waals surface area (Å²) in [5.41, 5.74) is 2.00. The number of aliphatic hydroxyl groups excluding tert-OH is 1. The Kier molecular flexibility index (Phi) is 7.59. The number of hydrogen-bond donors (Lipinski definition) is 3. The number of benzene rings is 1. The van der Waals surface area contributed by atoms with Gasteiger partial charge in [-0.15, -0.1) is 11.3 Å². The lowest BCUT2D eigenvalue weighted by molar-refractivity contribution is 0.0940. The van der Waals surface area contributed by atoms with Crippen molar-refractivity contribution in [2.24, 2.45) is 5.92 Å². The molecule has 1 aromatic carbocycles. The molecule has 0 bridgehead atoms. The zero-order valence-corrected chi connectivity index (χ0v) is 20.7. The van der Waals surface area contributed by atoms with Gasteiger partial charge in [0, 0.05) is 17.5 Å². The van der Waals surface area contributed by atoms with Gasteiger partial charge >= 0.3 is 0 Å². The highest BCUT2D eigenvalue weighted by atomic mass is 32.2. The highest BCUT2D eigenvalue weighted by Crippen LogP contribution is 2.39. The van der Waals surface area contributed by atoms with Gasteiger partial charge in [-0.1, -0.05) is 19.1 Å². The van der Waals surface area contributed by atoms with Crippen molar-refractivity contribution in [1.29, 1.82) is 0 Å². The third-order valence-electron chi connectivity index (χ3n) is 6.28. The fourth-order valence-electron chi connectivity index (χ4n) is 4.45. The topological polar surface area (TPSA) is 122 Å². The molecule has 1 aliphatic carbocycles. The van der Waals surface area contributed by atoms with E-state index in [1.165, 1.54) is 11.3 Å². The van der Waals surface area contributed by atoms with E-state index in [9.17, 15) is 23.1 Å². The monoisotopic (exact) mass is 506 g/mol. The van der Waals surface area contributed by atoms with E-state index in [4.69, 9.17) is 4.74 Å². The molecule has 1 amide bonds. The van der Waals surface area contributed by atoms with Crippen LogP contribution < -0.4 is 15.4 Å². The Labute approximate surface area is 203 Å². The van der Waals surface area contributed by atoms with Gasteiger partial charge in [-0.2, -0.15) is 0 Å². The number of aliphatic hydroxyl groups is 1. The number of carbonyl (C=O) groups excluding carboxylic acids is 2. The molecule has 4 rings (SSSR count). The maximum atomic E-state index is 13.2. The zero-order chi connectivity index (χ0) is 24.3. The number of nitrogens with one attached hydrogen (secondary N) is 2. The molecular formula is C24H30N2O6S2. The molecule has 2 aromatic rings. The third-order valence-corrected chi connectivity index (χ3v) is 9.26. The second-order valence-corrected chi connectivity index (χ2v) is 12.5. The Bertz CT molecular complexity index is 1160. The maximum Gasteiger partial charge on any atom is 0.254 e. The number of sulfone groups is 1. The number of carbonyl (C=O) groups is 2. The summed E-state index contributed by atoms with van der Waals surface area (Å²) >= 11 is 1.53. The number of ether oxygens (including phenoxy) is 1. The van der Waals surface area contributed by atoms with Crippen LogP contribution in [0.5, 0.6) is 5.75 Å². The minimum atomic E-state index is -3.10. The molecule has 3 N–H and O–H groups in total. The fourth-order valence-corrected chi connectivity index (χ4v) is 7.54. The Hall–Kier alpha value is -2.43. The third kappa shape index (κ3) is 5.79. The molecule has 8 nitrogen and oxygen atoms in total. The number of anilines is 1. The van der Waals surface area contributed by atoms with Crippen LogP contribution in [-0.2, 0) is 22.7 Å². The van der Waals surface area contributed by atoms with Gasteiger partial charge in [0.1, 0.15) is 23.5 Å². The standard InChI is InChI=1S/C24H30N2O6S2/c1-15-6-7-19-21(10-15)33-24(22(19)23(29)26-17-8-9-34(30,31)14-17)25-11-18(28)13-32-20-5-3-2-4-16(20)12-27/h2-5,12,15,17-18,25,28H,6-11,13-14H2,1H3,(H,26,29). The zero-order valence-electron chi connectivity index (χ0n) is 19.1. The molecule has 184 valence electrons. The maximum absolute atomic E-state index is 13.2. The minimum absolute atomic E-state index is 0.0125. The SMILES string of the molecule is CC1CCc2c(sc(NCC(O)COc3ccccc3C=O)c2C(=O)NC2CCS(=O)(=O)C2)C1.